The Balaban J connectivity index is 1.45. The Morgan fingerprint density at radius 1 is 1.12 bits per heavy atom. The van der Waals surface area contributed by atoms with Crippen molar-refractivity contribution in [1.29, 1.82) is 0 Å². The third kappa shape index (κ3) is 5.98. The maximum atomic E-state index is 12.9. The van der Waals surface area contributed by atoms with Crippen LogP contribution in [0.1, 0.15) is 37.3 Å². The first-order valence-corrected chi connectivity index (χ1v) is 11.9. The van der Waals surface area contributed by atoms with Crippen LogP contribution in [0.4, 0.5) is 0 Å². The average molecular weight is 458 g/mol. The number of likely N-dealkylation sites (tertiary alicyclic amines) is 1. The highest BCUT2D eigenvalue weighted by Crippen LogP contribution is 2.24. The average Bonchev–Trinajstić information content (AvgIpc) is 3.29. The molecule has 1 N–H and O–H groups in total. The van der Waals surface area contributed by atoms with Crippen molar-refractivity contribution in [2.45, 2.75) is 32.7 Å². The number of carbonyl (C=O) groups is 2. The second-order valence-electron chi connectivity index (χ2n) is 8.58. The van der Waals surface area contributed by atoms with E-state index >= 15 is 0 Å². The molecule has 0 aliphatic carbocycles. The number of piperidine rings is 1. The van der Waals surface area contributed by atoms with Crippen molar-refractivity contribution in [2.24, 2.45) is 5.92 Å². The molecular formula is C27H31N5O2. The molecule has 1 aliphatic rings. The van der Waals surface area contributed by atoms with Gasteiger partial charge in [-0.05, 0) is 43.0 Å². The summed E-state index contributed by atoms with van der Waals surface area (Å²) >= 11 is 0. The van der Waals surface area contributed by atoms with Crippen molar-refractivity contribution in [3.63, 3.8) is 0 Å². The maximum absolute atomic E-state index is 12.9. The number of benzene rings is 1. The minimum Gasteiger partial charge on any atom is -0.356 e. The summed E-state index contributed by atoms with van der Waals surface area (Å²) in [5.41, 5.74) is 3.71. The zero-order chi connectivity index (χ0) is 23.8. The Labute approximate surface area is 200 Å². The summed E-state index contributed by atoms with van der Waals surface area (Å²) in [5, 5.41) is 7.74. The number of carbonyl (C=O) groups excluding carboxylic acids is 2. The monoisotopic (exact) mass is 457 g/mol. The molecule has 34 heavy (non-hydrogen) atoms. The first-order chi connectivity index (χ1) is 16.6. The van der Waals surface area contributed by atoms with Crippen LogP contribution in [0.3, 0.4) is 0 Å². The number of rotatable bonds is 8. The summed E-state index contributed by atoms with van der Waals surface area (Å²) in [6.07, 6.45) is 11.2. The van der Waals surface area contributed by atoms with E-state index in [-0.39, 0.29) is 17.7 Å². The summed E-state index contributed by atoms with van der Waals surface area (Å²) in [6, 6.07) is 14.0. The van der Waals surface area contributed by atoms with Gasteiger partial charge in [-0.15, -0.1) is 0 Å². The summed E-state index contributed by atoms with van der Waals surface area (Å²) in [5.74, 6) is 0.0600. The van der Waals surface area contributed by atoms with Crippen LogP contribution in [-0.4, -0.2) is 51.1 Å². The minimum absolute atomic E-state index is 0.00650. The lowest BCUT2D eigenvalue weighted by molar-refractivity contribution is -0.132. The van der Waals surface area contributed by atoms with Gasteiger partial charge in [0.05, 0.1) is 6.54 Å². The normalized spacial score (nSPS) is 14.4. The van der Waals surface area contributed by atoms with Gasteiger partial charge in [0.15, 0.2) is 0 Å². The molecular weight excluding hydrogens is 426 g/mol. The van der Waals surface area contributed by atoms with Crippen LogP contribution in [0.25, 0.3) is 17.3 Å². The standard InChI is InChI=1S/C27H31N5O2/c1-2-14-29-27(34)22-12-16-31(17-13-22)25(33)11-10-24-20-32(19-21-7-4-3-5-8-21)30-26(24)23-9-6-15-28-18-23/h3-11,15,18,20,22H,2,12-14,16-17,19H2,1H3,(H,29,34)/b11-10+. The fraction of sp³-hybridized carbons (Fsp3) is 0.333. The quantitative estimate of drug-likeness (QED) is 0.522. The molecule has 0 saturated carbocycles. The number of nitrogens with zero attached hydrogens (tertiary/aromatic N) is 4. The van der Waals surface area contributed by atoms with E-state index in [1.165, 1.54) is 0 Å². The predicted molar refractivity (Wildman–Crippen MR) is 133 cm³/mol. The van der Waals surface area contributed by atoms with Crippen LogP contribution in [0.15, 0.2) is 67.1 Å². The molecule has 7 heteroatoms. The van der Waals surface area contributed by atoms with Crippen LogP contribution in [0.5, 0.6) is 0 Å². The largest absolute Gasteiger partial charge is 0.356 e. The third-order valence-corrected chi connectivity index (χ3v) is 6.04. The molecule has 3 heterocycles. The van der Waals surface area contributed by atoms with E-state index in [0.717, 1.165) is 28.8 Å². The van der Waals surface area contributed by atoms with E-state index in [1.54, 1.807) is 18.5 Å². The van der Waals surface area contributed by atoms with Crippen molar-refractivity contribution in [3.05, 3.63) is 78.3 Å². The van der Waals surface area contributed by atoms with Gasteiger partial charge < -0.3 is 10.2 Å². The SMILES string of the molecule is CCCNC(=O)C1CCN(C(=O)/C=C/c2cn(Cc3ccccc3)nc2-c2cccnc2)CC1. The van der Waals surface area contributed by atoms with E-state index < -0.39 is 0 Å². The zero-order valence-electron chi connectivity index (χ0n) is 19.6. The molecule has 1 aromatic carbocycles. The molecule has 0 spiro atoms. The molecule has 0 atom stereocenters. The summed E-state index contributed by atoms with van der Waals surface area (Å²) in [6.45, 7) is 4.58. The van der Waals surface area contributed by atoms with E-state index in [2.05, 4.69) is 22.4 Å². The van der Waals surface area contributed by atoms with Gasteiger partial charge in [-0.25, -0.2) is 0 Å². The van der Waals surface area contributed by atoms with Gasteiger partial charge in [-0.1, -0.05) is 37.3 Å². The molecule has 0 unspecified atom stereocenters. The second-order valence-corrected chi connectivity index (χ2v) is 8.58. The van der Waals surface area contributed by atoms with E-state index in [0.29, 0.717) is 39.0 Å². The van der Waals surface area contributed by atoms with Crippen LogP contribution in [0.2, 0.25) is 0 Å². The lowest BCUT2D eigenvalue weighted by Crippen LogP contribution is -2.42. The number of amides is 2. The van der Waals surface area contributed by atoms with Crippen molar-refractivity contribution >= 4 is 17.9 Å². The van der Waals surface area contributed by atoms with Gasteiger partial charge >= 0.3 is 0 Å². The van der Waals surface area contributed by atoms with Crippen molar-refractivity contribution < 1.29 is 9.59 Å². The summed E-state index contributed by atoms with van der Waals surface area (Å²) in [4.78, 5) is 31.1. The number of pyridine rings is 1. The highest BCUT2D eigenvalue weighted by molar-refractivity contribution is 5.93. The minimum atomic E-state index is -0.0413. The third-order valence-electron chi connectivity index (χ3n) is 6.04. The van der Waals surface area contributed by atoms with Crippen molar-refractivity contribution in [3.8, 4) is 11.3 Å². The summed E-state index contributed by atoms with van der Waals surface area (Å²) in [7, 11) is 0. The fourth-order valence-electron chi connectivity index (χ4n) is 4.16. The molecule has 7 nitrogen and oxygen atoms in total. The van der Waals surface area contributed by atoms with E-state index in [4.69, 9.17) is 5.10 Å². The first-order valence-electron chi connectivity index (χ1n) is 11.9. The predicted octanol–water partition coefficient (Wildman–Crippen LogP) is 3.77. The molecule has 176 valence electrons. The molecule has 1 aliphatic heterocycles. The van der Waals surface area contributed by atoms with E-state index in [9.17, 15) is 9.59 Å². The molecule has 2 aromatic heterocycles. The van der Waals surface area contributed by atoms with Crippen molar-refractivity contribution in [1.82, 2.24) is 25.0 Å². The molecule has 4 rings (SSSR count). The Morgan fingerprint density at radius 3 is 2.62 bits per heavy atom. The smallest absolute Gasteiger partial charge is 0.246 e. The lowest BCUT2D eigenvalue weighted by Gasteiger charge is -2.30. The Hall–Kier alpha value is -3.74. The zero-order valence-corrected chi connectivity index (χ0v) is 19.6. The Morgan fingerprint density at radius 2 is 1.91 bits per heavy atom. The topological polar surface area (TPSA) is 80.1 Å². The molecule has 0 bridgehead atoms. The molecule has 1 fully saturated rings. The molecule has 3 aromatic rings. The van der Waals surface area contributed by atoms with Gasteiger partial charge in [0.25, 0.3) is 0 Å². The fourth-order valence-corrected chi connectivity index (χ4v) is 4.16. The number of aromatic nitrogens is 3. The van der Waals surface area contributed by atoms with Crippen LogP contribution < -0.4 is 5.32 Å². The number of hydrogen-bond donors (Lipinski definition) is 1. The summed E-state index contributed by atoms with van der Waals surface area (Å²) < 4.78 is 1.89. The van der Waals surface area contributed by atoms with Crippen LogP contribution in [0, 0.1) is 5.92 Å². The van der Waals surface area contributed by atoms with Crippen LogP contribution in [-0.2, 0) is 16.1 Å². The van der Waals surface area contributed by atoms with Gasteiger partial charge in [0.1, 0.15) is 5.69 Å². The Bertz CT molecular complexity index is 1120. The number of nitrogens with one attached hydrogen (secondary N) is 1. The van der Waals surface area contributed by atoms with Crippen molar-refractivity contribution in [2.75, 3.05) is 19.6 Å². The van der Waals surface area contributed by atoms with Gasteiger partial charge in [-0.2, -0.15) is 5.10 Å². The molecule has 0 radical (unpaired) electrons. The highest BCUT2D eigenvalue weighted by Gasteiger charge is 2.26. The number of hydrogen-bond acceptors (Lipinski definition) is 4. The molecule has 1 saturated heterocycles. The highest BCUT2D eigenvalue weighted by atomic mass is 16.2. The van der Waals surface area contributed by atoms with Gasteiger partial charge in [0.2, 0.25) is 11.8 Å². The Kier molecular flexibility index (Phi) is 7.86. The molecule has 2 amide bonds. The first kappa shape index (κ1) is 23.4. The van der Waals surface area contributed by atoms with Gasteiger partial charge in [-0.3, -0.25) is 19.3 Å². The van der Waals surface area contributed by atoms with Crippen LogP contribution >= 0.6 is 0 Å². The van der Waals surface area contributed by atoms with E-state index in [1.807, 2.05) is 59.1 Å². The second kappa shape index (κ2) is 11.4. The lowest BCUT2D eigenvalue weighted by atomic mass is 9.96. The maximum Gasteiger partial charge on any atom is 0.246 e. The van der Waals surface area contributed by atoms with Gasteiger partial charge in [0, 0.05) is 61.3 Å².